The number of esters is 1. The fourth-order valence-electron chi connectivity index (χ4n) is 2.36. The highest BCUT2D eigenvalue weighted by atomic mass is 32.2. The van der Waals surface area contributed by atoms with Crippen molar-refractivity contribution in [3.8, 4) is 0 Å². The van der Waals surface area contributed by atoms with Crippen molar-refractivity contribution in [1.29, 1.82) is 0 Å². The van der Waals surface area contributed by atoms with E-state index in [1.54, 1.807) is 13.0 Å². The number of carbonyl (C=O) groups excluding carboxylic acids is 1. The van der Waals surface area contributed by atoms with E-state index in [0.29, 0.717) is 25.2 Å². The van der Waals surface area contributed by atoms with Crippen LogP contribution >= 0.6 is 0 Å². The number of ether oxygens (including phenoxy) is 1. The second-order valence-corrected chi connectivity index (χ2v) is 7.12. The molecule has 0 amide bonds. The Labute approximate surface area is 125 Å². The van der Waals surface area contributed by atoms with Crippen molar-refractivity contribution >= 4 is 16.0 Å². The Morgan fingerprint density at radius 1 is 1.43 bits per heavy atom. The van der Waals surface area contributed by atoms with Crippen LogP contribution in [-0.4, -0.2) is 51.5 Å². The molecule has 0 aliphatic carbocycles. The quantitative estimate of drug-likeness (QED) is 0.834. The average molecular weight is 312 g/mol. The van der Waals surface area contributed by atoms with Crippen LogP contribution in [0.2, 0.25) is 0 Å². The Morgan fingerprint density at radius 3 is 2.76 bits per heavy atom. The van der Waals surface area contributed by atoms with Crippen molar-refractivity contribution in [2.45, 2.75) is 24.8 Å². The van der Waals surface area contributed by atoms with Gasteiger partial charge in [0, 0.05) is 25.7 Å². The lowest BCUT2D eigenvalue weighted by Gasteiger charge is -2.31. The van der Waals surface area contributed by atoms with E-state index in [1.165, 1.54) is 23.5 Å². The normalized spacial score (nSPS) is 20.2. The molecule has 1 aliphatic heterocycles. The molecule has 1 N–H and O–H groups in total. The van der Waals surface area contributed by atoms with Gasteiger partial charge in [0.15, 0.2) is 0 Å². The summed E-state index contributed by atoms with van der Waals surface area (Å²) < 4.78 is 31.4. The lowest BCUT2D eigenvalue weighted by Crippen LogP contribution is -2.51. The molecule has 1 aromatic rings. The van der Waals surface area contributed by atoms with E-state index in [0.717, 1.165) is 0 Å². The molecule has 116 valence electrons. The summed E-state index contributed by atoms with van der Waals surface area (Å²) in [6.07, 6.45) is 0. The number of nitrogens with zero attached hydrogens (tertiary/aromatic N) is 1. The molecule has 0 spiro atoms. The Kier molecular flexibility index (Phi) is 4.65. The van der Waals surface area contributed by atoms with Gasteiger partial charge in [-0.1, -0.05) is 6.07 Å². The highest BCUT2D eigenvalue weighted by Gasteiger charge is 2.29. The van der Waals surface area contributed by atoms with Crippen LogP contribution in [0.1, 0.15) is 22.8 Å². The number of sulfonamides is 1. The molecule has 21 heavy (non-hydrogen) atoms. The van der Waals surface area contributed by atoms with Crippen LogP contribution in [0.5, 0.6) is 0 Å². The predicted octanol–water partition coefficient (Wildman–Crippen LogP) is 0.764. The number of hydrogen-bond acceptors (Lipinski definition) is 5. The van der Waals surface area contributed by atoms with Gasteiger partial charge in [-0.3, -0.25) is 0 Å². The van der Waals surface area contributed by atoms with Crippen LogP contribution in [0.15, 0.2) is 23.1 Å². The fraction of sp³-hybridized carbons (Fsp3) is 0.500. The van der Waals surface area contributed by atoms with Crippen molar-refractivity contribution in [2.75, 3.05) is 26.7 Å². The van der Waals surface area contributed by atoms with Crippen LogP contribution in [0.4, 0.5) is 0 Å². The summed E-state index contributed by atoms with van der Waals surface area (Å²) in [5, 5.41) is 3.20. The second kappa shape index (κ2) is 6.13. The molecule has 0 saturated carbocycles. The maximum Gasteiger partial charge on any atom is 0.338 e. The summed E-state index contributed by atoms with van der Waals surface area (Å²) >= 11 is 0. The maximum atomic E-state index is 12.7. The molecule has 1 aromatic carbocycles. The largest absolute Gasteiger partial charge is 0.465 e. The number of methoxy groups -OCH3 is 1. The predicted molar refractivity (Wildman–Crippen MR) is 78.7 cm³/mol. The van der Waals surface area contributed by atoms with E-state index in [1.807, 2.05) is 6.92 Å². The van der Waals surface area contributed by atoms with Crippen molar-refractivity contribution in [2.24, 2.45) is 0 Å². The fourth-order valence-corrected chi connectivity index (χ4v) is 3.91. The molecule has 1 heterocycles. The van der Waals surface area contributed by atoms with Crippen molar-refractivity contribution in [3.63, 3.8) is 0 Å². The van der Waals surface area contributed by atoms with Crippen LogP contribution in [-0.2, 0) is 14.8 Å². The molecular formula is C14H20N2O4S. The van der Waals surface area contributed by atoms with Gasteiger partial charge in [-0.25, -0.2) is 13.2 Å². The standard InChI is InChI=1S/C14H20N2O4S/c1-10-4-5-12(8-13(10)14(17)20-3)21(18,19)16-7-6-15-11(2)9-16/h4-5,8,11,15H,6-7,9H2,1-3H3. The third kappa shape index (κ3) is 3.25. The minimum absolute atomic E-state index is 0.110. The zero-order valence-electron chi connectivity index (χ0n) is 12.4. The smallest absolute Gasteiger partial charge is 0.338 e. The number of benzene rings is 1. The number of hydrogen-bond donors (Lipinski definition) is 1. The summed E-state index contributed by atoms with van der Waals surface area (Å²) in [6.45, 7) is 5.15. The number of rotatable bonds is 3. The monoisotopic (exact) mass is 312 g/mol. The Hall–Kier alpha value is -1.44. The highest BCUT2D eigenvalue weighted by Crippen LogP contribution is 2.21. The van der Waals surface area contributed by atoms with E-state index in [-0.39, 0.29) is 16.5 Å². The van der Waals surface area contributed by atoms with Gasteiger partial charge in [0.25, 0.3) is 0 Å². The molecule has 1 saturated heterocycles. The van der Waals surface area contributed by atoms with Gasteiger partial charge < -0.3 is 10.1 Å². The number of carbonyl (C=O) groups is 1. The van der Waals surface area contributed by atoms with Crippen molar-refractivity contribution in [1.82, 2.24) is 9.62 Å². The molecule has 1 fully saturated rings. The molecule has 7 heteroatoms. The molecule has 6 nitrogen and oxygen atoms in total. The lowest BCUT2D eigenvalue weighted by atomic mass is 10.1. The first kappa shape index (κ1) is 15.9. The van der Waals surface area contributed by atoms with Gasteiger partial charge in [0.1, 0.15) is 0 Å². The van der Waals surface area contributed by atoms with E-state index in [2.05, 4.69) is 10.1 Å². The summed E-state index contributed by atoms with van der Waals surface area (Å²) in [5.41, 5.74) is 0.969. The van der Waals surface area contributed by atoms with E-state index >= 15 is 0 Å². The topological polar surface area (TPSA) is 75.7 Å². The Bertz CT molecular complexity index is 642. The maximum absolute atomic E-state index is 12.7. The summed E-state index contributed by atoms with van der Waals surface area (Å²) in [5.74, 6) is -0.529. The first-order chi connectivity index (χ1) is 9.86. The van der Waals surface area contributed by atoms with Gasteiger partial charge in [-0.05, 0) is 31.5 Å². The Morgan fingerprint density at radius 2 is 2.14 bits per heavy atom. The third-order valence-corrected chi connectivity index (χ3v) is 5.44. The van der Waals surface area contributed by atoms with Crippen LogP contribution in [0, 0.1) is 6.92 Å². The first-order valence-electron chi connectivity index (χ1n) is 6.78. The van der Waals surface area contributed by atoms with Gasteiger partial charge in [-0.15, -0.1) is 0 Å². The Balaban J connectivity index is 2.38. The number of nitrogens with one attached hydrogen (secondary N) is 1. The average Bonchev–Trinajstić information content (AvgIpc) is 2.46. The first-order valence-corrected chi connectivity index (χ1v) is 8.22. The minimum Gasteiger partial charge on any atom is -0.465 e. The summed E-state index contributed by atoms with van der Waals surface area (Å²) in [4.78, 5) is 11.8. The molecular weight excluding hydrogens is 292 g/mol. The number of piperazine rings is 1. The van der Waals surface area contributed by atoms with Gasteiger partial charge in [-0.2, -0.15) is 4.31 Å². The van der Waals surface area contributed by atoms with E-state index in [4.69, 9.17) is 0 Å². The molecule has 0 bridgehead atoms. The SMILES string of the molecule is COC(=O)c1cc(S(=O)(=O)N2CCNC(C)C2)ccc1C. The molecule has 2 rings (SSSR count). The summed E-state index contributed by atoms with van der Waals surface area (Å²) in [6, 6.07) is 4.66. The molecule has 1 aliphatic rings. The van der Waals surface area contributed by atoms with Gasteiger partial charge in [0.2, 0.25) is 10.0 Å². The second-order valence-electron chi connectivity index (χ2n) is 5.19. The minimum atomic E-state index is -3.59. The lowest BCUT2D eigenvalue weighted by molar-refractivity contribution is 0.0599. The molecule has 0 radical (unpaired) electrons. The van der Waals surface area contributed by atoms with Gasteiger partial charge >= 0.3 is 5.97 Å². The van der Waals surface area contributed by atoms with Crippen LogP contribution in [0.25, 0.3) is 0 Å². The zero-order valence-corrected chi connectivity index (χ0v) is 13.2. The molecule has 1 atom stereocenters. The third-order valence-electron chi connectivity index (χ3n) is 3.58. The number of aryl methyl sites for hydroxylation is 1. The van der Waals surface area contributed by atoms with Crippen LogP contribution < -0.4 is 5.32 Å². The van der Waals surface area contributed by atoms with Crippen molar-refractivity contribution in [3.05, 3.63) is 29.3 Å². The molecule has 1 unspecified atom stereocenters. The zero-order chi connectivity index (χ0) is 15.6. The molecule has 0 aromatic heterocycles. The highest BCUT2D eigenvalue weighted by molar-refractivity contribution is 7.89. The van der Waals surface area contributed by atoms with E-state index in [9.17, 15) is 13.2 Å². The van der Waals surface area contributed by atoms with E-state index < -0.39 is 16.0 Å². The van der Waals surface area contributed by atoms with Gasteiger partial charge in [0.05, 0.1) is 17.6 Å². The van der Waals surface area contributed by atoms with Crippen LogP contribution in [0.3, 0.4) is 0 Å². The summed E-state index contributed by atoms with van der Waals surface area (Å²) in [7, 11) is -2.31. The van der Waals surface area contributed by atoms with Crippen molar-refractivity contribution < 1.29 is 17.9 Å².